The largest absolute Gasteiger partial charge is 0.294 e. The maximum Gasteiger partial charge on any atom is 0.161 e. The summed E-state index contributed by atoms with van der Waals surface area (Å²) in [5.41, 5.74) is 0.573. The first kappa shape index (κ1) is 10.5. The molecular formula is C8H5BrClIO. The number of Topliss-reactive ketones (excluding diaryl/α,β-unsaturated/α-hetero) is 1. The molecule has 0 bridgehead atoms. The fourth-order valence-electron chi connectivity index (χ4n) is 0.798. The molecule has 0 aliphatic carbocycles. The third-order valence-electron chi connectivity index (χ3n) is 1.41. The molecule has 0 N–H and O–H groups in total. The van der Waals surface area contributed by atoms with Crippen LogP contribution in [0.15, 0.2) is 16.6 Å². The molecule has 0 saturated carbocycles. The highest BCUT2D eigenvalue weighted by molar-refractivity contribution is 14.1. The van der Waals surface area contributed by atoms with E-state index in [4.69, 9.17) is 11.6 Å². The summed E-state index contributed by atoms with van der Waals surface area (Å²) in [6, 6.07) is 3.54. The van der Waals surface area contributed by atoms with Gasteiger partial charge in [-0.05, 0) is 57.6 Å². The zero-order chi connectivity index (χ0) is 9.30. The summed E-state index contributed by atoms with van der Waals surface area (Å²) >= 11 is 11.4. The summed E-state index contributed by atoms with van der Waals surface area (Å²) in [7, 11) is 0. The highest BCUT2D eigenvalue weighted by atomic mass is 127. The van der Waals surface area contributed by atoms with Crippen LogP contribution in [0.2, 0.25) is 5.02 Å². The lowest BCUT2D eigenvalue weighted by Crippen LogP contribution is -1.95. The van der Waals surface area contributed by atoms with Crippen molar-refractivity contribution in [3.05, 3.63) is 30.8 Å². The van der Waals surface area contributed by atoms with E-state index in [1.54, 1.807) is 6.07 Å². The molecule has 0 amide bonds. The number of benzene rings is 1. The van der Waals surface area contributed by atoms with E-state index in [9.17, 15) is 4.79 Å². The summed E-state index contributed by atoms with van der Waals surface area (Å²) in [5.74, 6) is -0.00887. The monoisotopic (exact) mass is 358 g/mol. The average molecular weight is 359 g/mol. The van der Waals surface area contributed by atoms with Gasteiger partial charge >= 0.3 is 0 Å². The predicted molar refractivity (Wildman–Crippen MR) is 61.9 cm³/mol. The topological polar surface area (TPSA) is 17.1 Å². The van der Waals surface area contributed by atoms with E-state index in [1.165, 1.54) is 6.92 Å². The van der Waals surface area contributed by atoms with Gasteiger partial charge in [-0.2, -0.15) is 0 Å². The van der Waals surface area contributed by atoms with E-state index in [0.29, 0.717) is 10.6 Å². The number of carbonyl (C=O) groups excluding carboxylic acids is 1. The molecule has 0 spiro atoms. The van der Waals surface area contributed by atoms with Crippen LogP contribution in [0.4, 0.5) is 0 Å². The minimum absolute atomic E-state index is 0.00887. The van der Waals surface area contributed by atoms with Gasteiger partial charge in [0.1, 0.15) is 0 Å². The van der Waals surface area contributed by atoms with E-state index in [1.807, 2.05) is 6.07 Å². The summed E-state index contributed by atoms with van der Waals surface area (Å²) < 4.78 is 1.79. The third kappa shape index (κ3) is 2.00. The van der Waals surface area contributed by atoms with Crippen LogP contribution < -0.4 is 0 Å². The van der Waals surface area contributed by atoms with Gasteiger partial charge in [0.25, 0.3) is 0 Å². The Bertz CT molecular complexity index is 338. The Morgan fingerprint density at radius 2 is 2.17 bits per heavy atom. The Balaban J connectivity index is 3.36. The maximum absolute atomic E-state index is 11.0. The van der Waals surface area contributed by atoms with Crippen LogP contribution in [0, 0.1) is 3.57 Å². The molecule has 0 saturated heterocycles. The summed E-state index contributed by atoms with van der Waals surface area (Å²) in [5, 5.41) is 0.525. The second-order valence-electron chi connectivity index (χ2n) is 2.28. The molecule has 0 aliphatic heterocycles. The molecule has 1 aromatic carbocycles. The van der Waals surface area contributed by atoms with Crippen molar-refractivity contribution < 1.29 is 4.79 Å². The fourth-order valence-corrected chi connectivity index (χ4v) is 2.01. The van der Waals surface area contributed by atoms with Crippen molar-refractivity contribution in [2.45, 2.75) is 6.92 Å². The Morgan fingerprint density at radius 1 is 1.58 bits per heavy atom. The van der Waals surface area contributed by atoms with Gasteiger partial charge in [0.05, 0.1) is 5.02 Å². The van der Waals surface area contributed by atoms with Gasteiger partial charge in [-0.25, -0.2) is 0 Å². The Morgan fingerprint density at radius 3 is 2.67 bits per heavy atom. The minimum Gasteiger partial charge on any atom is -0.294 e. The highest BCUT2D eigenvalue weighted by Crippen LogP contribution is 2.29. The smallest absolute Gasteiger partial charge is 0.161 e. The van der Waals surface area contributed by atoms with E-state index in [-0.39, 0.29) is 5.78 Å². The average Bonchev–Trinajstić information content (AvgIpc) is 2.00. The van der Waals surface area contributed by atoms with E-state index < -0.39 is 0 Å². The number of hydrogen-bond acceptors (Lipinski definition) is 1. The van der Waals surface area contributed by atoms with Crippen LogP contribution >= 0.6 is 50.1 Å². The normalized spacial score (nSPS) is 10.0. The highest BCUT2D eigenvalue weighted by Gasteiger charge is 2.10. The Kier molecular flexibility index (Phi) is 3.55. The second kappa shape index (κ2) is 4.07. The van der Waals surface area contributed by atoms with Crippen LogP contribution in [0.3, 0.4) is 0 Å². The third-order valence-corrected chi connectivity index (χ3v) is 4.65. The molecular weight excluding hydrogens is 354 g/mol. The first-order valence-corrected chi connectivity index (χ1v) is 5.43. The lowest BCUT2D eigenvalue weighted by atomic mass is 10.1. The molecule has 0 heterocycles. The van der Waals surface area contributed by atoms with E-state index in [2.05, 4.69) is 38.5 Å². The molecule has 0 unspecified atom stereocenters. The van der Waals surface area contributed by atoms with Gasteiger partial charge in [-0.3, -0.25) is 4.79 Å². The zero-order valence-electron chi connectivity index (χ0n) is 6.20. The SMILES string of the molecule is CC(=O)c1ccc(Br)c(I)c1Cl. The molecule has 0 radical (unpaired) electrons. The van der Waals surface area contributed by atoms with Crippen molar-refractivity contribution in [2.75, 3.05) is 0 Å². The van der Waals surface area contributed by atoms with Gasteiger partial charge in [0, 0.05) is 13.6 Å². The molecule has 0 atom stereocenters. The van der Waals surface area contributed by atoms with Crippen LogP contribution in [0.1, 0.15) is 17.3 Å². The Hall–Kier alpha value is 0.390. The van der Waals surface area contributed by atoms with Crippen LogP contribution in [-0.2, 0) is 0 Å². The van der Waals surface area contributed by atoms with Gasteiger partial charge in [-0.1, -0.05) is 11.6 Å². The van der Waals surface area contributed by atoms with Crippen molar-refractivity contribution in [1.29, 1.82) is 0 Å². The predicted octanol–water partition coefficient (Wildman–Crippen LogP) is 3.91. The van der Waals surface area contributed by atoms with Gasteiger partial charge in [0.15, 0.2) is 5.78 Å². The number of hydrogen-bond donors (Lipinski definition) is 0. The number of rotatable bonds is 1. The molecule has 12 heavy (non-hydrogen) atoms. The van der Waals surface area contributed by atoms with Crippen molar-refractivity contribution in [1.82, 2.24) is 0 Å². The molecule has 1 nitrogen and oxygen atoms in total. The van der Waals surface area contributed by atoms with Crippen molar-refractivity contribution in [3.8, 4) is 0 Å². The second-order valence-corrected chi connectivity index (χ2v) is 4.59. The molecule has 0 aliphatic rings. The summed E-state index contributed by atoms with van der Waals surface area (Å²) in [6.45, 7) is 1.51. The van der Waals surface area contributed by atoms with Gasteiger partial charge < -0.3 is 0 Å². The van der Waals surface area contributed by atoms with Crippen molar-refractivity contribution in [3.63, 3.8) is 0 Å². The maximum atomic E-state index is 11.0. The lowest BCUT2D eigenvalue weighted by Gasteiger charge is -2.03. The van der Waals surface area contributed by atoms with Crippen molar-refractivity contribution >= 4 is 55.9 Å². The Labute approximate surface area is 97.8 Å². The summed E-state index contributed by atoms with van der Waals surface area (Å²) in [6.07, 6.45) is 0. The molecule has 64 valence electrons. The molecule has 0 fully saturated rings. The number of ketones is 1. The first-order valence-electron chi connectivity index (χ1n) is 3.18. The van der Waals surface area contributed by atoms with Gasteiger partial charge in [0.2, 0.25) is 0 Å². The molecule has 1 aromatic rings. The molecule has 1 rings (SSSR count). The first-order chi connectivity index (χ1) is 5.54. The lowest BCUT2D eigenvalue weighted by molar-refractivity contribution is 0.101. The summed E-state index contributed by atoms with van der Waals surface area (Å²) in [4.78, 5) is 11.0. The van der Waals surface area contributed by atoms with Gasteiger partial charge in [-0.15, -0.1) is 0 Å². The standard InChI is InChI=1S/C8H5BrClIO/c1-4(12)5-2-3-6(9)8(11)7(5)10/h2-3H,1H3. The van der Waals surface area contributed by atoms with Crippen LogP contribution in [-0.4, -0.2) is 5.78 Å². The van der Waals surface area contributed by atoms with Crippen LogP contribution in [0.25, 0.3) is 0 Å². The van der Waals surface area contributed by atoms with E-state index in [0.717, 1.165) is 8.04 Å². The molecule has 0 aromatic heterocycles. The molecule has 4 heteroatoms. The van der Waals surface area contributed by atoms with Crippen molar-refractivity contribution in [2.24, 2.45) is 0 Å². The zero-order valence-corrected chi connectivity index (χ0v) is 10.7. The van der Waals surface area contributed by atoms with E-state index >= 15 is 0 Å². The quantitative estimate of drug-likeness (QED) is 0.422. The number of halogens is 3. The number of carbonyl (C=O) groups is 1. The van der Waals surface area contributed by atoms with Crippen LogP contribution in [0.5, 0.6) is 0 Å². The fraction of sp³-hybridized carbons (Fsp3) is 0.125. The minimum atomic E-state index is -0.00887.